The van der Waals surface area contributed by atoms with Gasteiger partial charge in [-0.05, 0) is 55.7 Å². The fourth-order valence-electron chi connectivity index (χ4n) is 4.78. The molecular weight excluding hydrogens is 420 g/mol. The largest absolute Gasteiger partial charge is 0.376 e. The minimum absolute atomic E-state index is 0.136. The van der Waals surface area contributed by atoms with Crippen LogP contribution in [0.5, 0.6) is 0 Å². The molecule has 1 heterocycles. The lowest BCUT2D eigenvalue weighted by Gasteiger charge is -2.41. The lowest BCUT2D eigenvalue weighted by Crippen LogP contribution is -2.50. The van der Waals surface area contributed by atoms with Gasteiger partial charge in [0.1, 0.15) is 5.82 Å². The van der Waals surface area contributed by atoms with E-state index in [-0.39, 0.29) is 11.9 Å². The third kappa shape index (κ3) is 5.04. The topological polar surface area (TPSA) is 18.5 Å². The molecule has 0 aromatic heterocycles. The summed E-state index contributed by atoms with van der Waals surface area (Å²) in [5.74, 6) is -0.253. The van der Waals surface area contributed by atoms with Crippen molar-refractivity contribution in [2.45, 2.75) is 51.1 Å². The number of rotatable bonds is 5. The highest BCUT2D eigenvalue weighted by atomic mass is 35.5. The number of halogens is 3. The van der Waals surface area contributed by atoms with Gasteiger partial charge in [-0.15, -0.1) is 0 Å². The normalized spacial score (nSPS) is 19.7. The number of hydrogen-bond donors (Lipinski definition) is 1. The number of piperazine rings is 1. The summed E-state index contributed by atoms with van der Waals surface area (Å²) in [7, 11) is 0. The summed E-state index contributed by atoms with van der Waals surface area (Å²) < 4.78 is 14.5. The highest BCUT2D eigenvalue weighted by Gasteiger charge is 2.25. The molecule has 2 fully saturated rings. The predicted molar refractivity (Wildman–Crippen MR) is 126 cm³/mol. The summed E-state index contributed by atoms with van der Waals surface area (Å²) >= 11 is 12.3. The van der Waals surface area contributed by atoms with Crippen LogP contribution in [0.25, 0.3) is 0 Å². The second-order valence-corrected chi connectivity index (χ2v) is 9.35. The highest BCUT2D eigenvalue weighted by molar-refractivity contribution is 6.35. The first kappa shape index (κ1) is 21.7. The molecule has 1 aliphatic carbocycles. The maximum absolute atomic E-state index is 14.5. The van der Waals surface area contributed by atoms with Crippen molar-refractivity contribution in [1.29, 1.82) is 0 Å². The summed E-state index contributed by atoms with van der Waals surface area (Å²) in [6, 6.07) is 11.4. The van der Waals surface area contributed by atoms with E-state index < -0.39 is 0 Å². The Hall–Kier alpha value is -1.49. The maximum Gasteiger partial charge on any atom is 0.146 e. The Kier molecular flexibility index (Phi) is 7.07. The van der Waals surface area contributed by atoms with Crippen LogP contribution < -0.4 is 10.2 Å². The van der Waals surface area contributed by atoms with Crippen LogP contribution in [0.3, 0.4) is 0 Å². The van der Waals surface area contributed by atoms with Crippen LogP contribution in [0.15, 0.2) is 36.4 Å². The molecule has 0 bridgehead atoms. The molecule has 1 unspecified atom stereocenters. The van der Waals surface area contributed by atoms with Crippen molar-refractivity contribution in [2.75, 3.05) is 36.4 Å². The van der Waals surface area contributed by atoms with Gasteiger partial charge in [0.15, 0.2) is 0 Å². The zero-order valence-corrected chi connectivity index (χ0v) is 19.0. The molecule has 1 aliphatic heterocycles. The summed E-state index contributed by atoms with van der Waals surface area (Å²) in [4.78, 5) is 5.02. The molecule has 1 atom stereocenters. The fraction of sp³-hybridized carbons (Fsp3) is 0.500. The van der Waals surface area contributed by atoms with Gasteiger partial charge < -0.3 is 10.2 Å². The predicted octanol–water partition coefficient (Wildman–Crippen LogP) is 6.76. The molecule has 1 saturated heterocycles. The van der Waals surface area contributed by atoms with Gasteiger partial charge in [-0.1, -0.05) is 48.5 Å². The Balaban J connectivity index is 1.42. The number of nitrogens with zero attached hydrogens (tertiary/aromatic N) is 2. The van der Waals surface area contributed by atoms with Crippen molar-refractivity contribution < 1.29 is 4.39 Å². The van der Waals surface area contributed by atoms with Crippen molar-refractivity contribution in [3.05, 3.63) is 57.8 Å². The van der Waals surface area contributed by atoms with Gasteiger partial charge in [0, 0.05) is 48.0 Å². The summed E-state index contributed by atoms with van der Waals surface area (Å²) in [6.07, 6.45) is 6.81. The van der Waals surface area contributed by atoms with Crippen molar-refractivity contribution >= 4 is 34.6 Å². The van der Waals surface area contributed by atoms with Crippen LogP contribution >= 0.6 is 23.2 Å². The van der Waals surface area contributed by atoms with E-state index >= 15 is 0 Å². The molecule has 4 rings (SSSR count). The van der Waals surface area contributed by atoms with Crippen LogP contribution in [0.1, 0.15) is 50.6 Å². The Morgan fingerprint density at radius 3 is 2.40 bits per heavy atom. The number of nitrogens with one attached hydrogen (secondary N) is 1. The van der Waals surface area contributed by atoms with Gasteiger partial charge in [-0.25, -0.2) is 4.39 Å². The standard InChI is InChI=1S/C24H30Cl2FN3/c1-17(21-9-7-18(25)15-22(21)26)28-24-16-20(8-10-23(24)27)30-13-11-29(12-14-30)19-5-3-2-4-6-19/h7-10,15-17,19,28H,2-6,11-14H2,1H3. The lowest BCUT2D eigenvalue weighted by molar-refractivity contribution is 0.148. The molecule has 6 heteroatoms. The average Bonchev–Trinajstić information content (AvgIpc) is 2.76. The minimum atomic E-state index is -0.253. The smallest absolute Gasteiger partial charge is 0.146 e. The maximum atomic E-state index is 14.5. The summed E-state index contributed by atoms with van der Waals surface area (Å²) in [5.41, 5.74) is 2.46. The third-order valence-electron chi connectivity index (χ3n) is 6.52. The van der Waals surface area contributed by atoms with Gasteiger partial charge in [-0.3, -0.25) is 4.90 Å². The molecule has 1 N–H and O–H groups in total. The quantitative estimate of drug-likeness (QED) is 0.543. The summed E-state index contributed by atoms with van der Waals surface area (Å²) in [6.45, 7) is 6.12. The Morgan fingerprint density at radius 2 is 1.70 bits per heavy atom. The Labute approximate surface area is 189 Å². The molecule has 162 valence electrons. The minimum Gasteiger partial charge on any atom is -0.376 e. The molecule has 1 saturated carbocycles. The molecular formula is C24H30Cl2FN3. The molecule has 2 aromatic rings. The van der Waals surface area contributed by atoms with Gasteiger partial charge >= 0.3 is 0 Å². The summed E-state index contributed by atoms with van der Waals surface area (Å²) in [5, 5.41) is 4.46. The lowest BCUT2D eigenvalue weighted by atomic mass is 9.94. The number of benzene rings is 2. The zero-order chi connectivity index (χ0) is 21.1. The van der Waals surface area contributed by atoms with E-state index in [0.717, 1.165) is 43.5 Å². The van der Waals surface area contributed by atoms with Gasteiger partial charge in [0.25, 0.3) is 0 Å². The van der Waals surface area contributed by atoms with Gasteiger partial charge in [0.2, 0.25) is 0 Å². The van der Waals surface area contributed by atoms with E-state index in [1.54, 1.807) is 18.2 Å². The number of anilines is 2. The molecule has 0 radical (unpaired) electrons. The van der Waals surface area contributed by atoms with Crippen LogP contribution in [-0.2, 0) is 0 Å². The van der Waals surface area contributed by atoms with E-state index in [4.69, 9.17) is 23.2 Å². The van der Waals surface area contributed by atoms with E-state index in [0.29, 0.717) is 15.7 Å². The first-order chi connectivity index (χ1) is 14.5. The van der Waals surface area contributed by atoms with Gasteiger partial charge in [0.05, 0.1) is 11.7 Å². The molecule has 3 nitrogen and oxygen atoms in total. The first-order valence-electron chi connectivity index (χ1n) is 11.0. The fourth-order valence-corrected chi connectivity index (χ4v) is 5.35. The Morgan fingerprint density at radius 1 is 0.967 bits per heavy atom. The van der Waals surface area contributed by atoms with Crippen LogP contribution in [0, 0.1) is 5.82 Å². The molecule has 0 spiro atoms. The second-order valence-electron chi connectivity index (χ2n) is 8.51. The molecule has 0 amide bonds. The molecule has 30 heavy (non-hydrogen) atoms. The van der Waals surface area contributed by atoms with E-state index in [9.17, 15) is 4.39 Å². The molecule has 2 aliphatic rings. The third-order valence-corrected chi connectivity index (χ3v) is 7.08. The van der Waals surface area contributed by atoms with Crippen LogP contribution in [0.4, 0.5) is 15.8 Å². The van der Waals surface area contributed by atoms with Crippen LogP contribution in [-0.4, -0.2) is 37.1 Å². The molecule has 2 aromatic carbocycles. The van der Waals surface area contributed by atoms with Crippen molar-refractivity contribution in [3.8, 4) is 0 Å². The second kappa shape index (κ2) is 9.76. The Bertz CT molecular complexity index is 862. The van der Waals surface area contributed by atoms with Crippen molar-refractivity contribution in [2.24, 2.45) is 0 Å². The van der Waals surface area contributed by atoms with Crippen molar-refractivity contribution in [3.63, 3.8) is 0 Å². The monoisotopic (exact) mass is 449 g/mol. The van der Waals surface area contributed by atoms with Crippen molar-refractivity contribution in [1.82, 2.24) is 4.90 Å². The van der Waals surface area contributed by atoms with Gasteiger partial charge in [-0.2, -0.15) is 0 Å². The van der Waals surface area contributed by atoms with Crippen LogP contribution in [0.2, 0.25) is 10.0 Å². The number of hydrogen-bond acceptors (Lipinski definition) is 3. The van der Waals surface area contributed by atoms with E-state index in [2.05, 4.69) is 15.1 Å². The zero-order valence-electron chi connectivity index (χ0n) is 17.5. The highest BCUT2D eigenvalue weighted by Crippen LogP contribution is 2.31. The van der Waals surface area contributed by atoms with E-state index in [1.165, 1.54) is 32.1 Å². The average molecular weight is 450 g/mol. The SMILES string of the molecule is CC(Nc1cc(N2CCN(C3CCCCC3)CC2)ccc1F)c1ccc(Cl)cc1Cl. The van der Waals surface area contributed by atoms with E-state index in [1.807, 2.05) is 25.1 Å². The first-order valence-corrected chi connectivity index (χ1v) is 11.8.